The normalized spacial score (nSPS) is 11.5. The highest BCUT2D eigenvalue weighted by molar-refractivity contribution is 7.93. The molecule has 3 aromatic rings. The zero-order chi connectivity index (χ0) is 25.8. The fraction of sp³-hybridized carbons (Fsp3) is 0.0909. The van der Waals surface area contributed by atoms with Gasteiger partial charge in [0.05, 0.1) is 35.4 Å². The number of anilines is 2. The molecule has 0 aliphatic carbocycles. The highest BCUT2D eigenvalue weighted by Crippen LogP contribution is 2.30. The summed E-state index contributed by atoms with van der Waals surface area (Å²) in [5.41, 5.74) is -0.313. The van der Waals surface area contributed by atoms with E-state index in [2.05, 4.69) is 9.44 Å². The molecule has 0 bridgehead atoms. The van der Waals surface area contributed by atoms with Gasteiger partial charge in [-0.05, 0) is 42.0 Å². The predicted molar refractivity (Wildman–Crippen MR) is 126 cm³/mol. The van der Waals surface area contributed by atoms with Gasteiger partial charge in [-0.3, -0.25) is 14.2 Å². The van der Waals surface area contributed by atoms with Gasteiger partial charge >= 0.3 is 11.9 Å². The molecule has 11 nitrogen and oxygen atoms in total. The first-order valence-corrected chi connectivity index (χ1v) is 12.8. The van der Waals surface area contributed by atoms with Gasteiger partial charge < -0.3 is 14.9 Å². The van der Waals surface area contributed by atoms with Crippen LogP contribution in [-0.2, 0) is 31.3 Å². The number of nitrogens with one attached hydrogen (secondary N) is 2. The van der Waals surface area contributed by atoms with Crippen molar-refractivity contribution in [1.82, 2.24) is 0 Å². The Balaban J connectivity index is 2.03. The van der Waals surface area contributed by atoms with Crippen molar-refractivity contribution >= 4 is 43.4 Å². The summed E-state index contributed by atoms with van der Waals surface area (Å²) in [7, 11) is -7.67. The van der Waals surface area contributed by atoms with E-state index in [0.29, 0.717) is 0 Å². The molecule has 3 rings (SSSR count). The van der Waals surface area contributed by atoms with Crippen molar-refractivity contribution in [3.63, 3.8) is 0 Å². The lowest BCUT2D eigenvalue weighted by Gasteiger charge is -2.15. The number of carbonyl (C=O) groups is 2. The van der Waals surface area contributed by atoms with Crippen molar-refractivity contribution in [2.45, 2.75) is 16.2 Å². The Morgan fingerprint density at radius 3 is 2.06 bits per heavy atom. The standard InChI is InChI=1S/C22H20N2O9S2/c1-33-19-11-10-15(34(29,30)23-17-8-4-2-6-14(17)12-21(25)26)13-20(19)35(31,32)24-18-9-5-3-7-16(18)22(27)28/h2-11,13,23-24H,12H2,1H3,(H,25,26)(H,27,28). The highest BCUT2D eigenvalue weighted by Gasteiger charge is 2.26. The minimum absolute atomic E-state index is 0.0173. The Kier molecular flexibility index (Phi) is 7.31. The van der Waals surface area contributed by atoms with E-state index in [1.807, 2.05) is 0 Å². The number of methoxy groups -OCH3 is 1. The van der Waals surface area contributed by atoms with Crippen molar-refractivity contribution in [3.8, 4) is 5.75 Å². The average molecular weight is 521 g/mol. The third-order valence-corrected chi connectivity index (χ3v) is 7.49. The number of rotatable bonds is 10. The zero-order valence-electron chi connectivity index (χ0n) is 18.1. The van der Waals surface area contributed by atoms with Crippen LogP contribution < -0.4 is 14.2 Å². The molecule has 0 spiro atoms. The topological polar surface area (TPSA) is 176 Å². The molecule has 35 heavy (non-hydrogen) atoms. The second-order valence-electron chi connectivity index (χ2n) is 7.10. The Morgan fingerprint density at radius 2 is 1.43 bits per heavy atom. The van der Waals surface area contributed by atoms with Crippen molar-refractivity contribution in [3.05, 3.63) is 77.9 Å². The average Bonchev–Trinajstić information content (AvgIpc) is 2.79. The summed E-state index contributed by atoms with van der Waals surface area (Å²) in [5, 5.41) is 18.4. The first-order chi connectivity index (χ1) is 16.4. The van der Waals surface area contributed by atoms with E-state index in [-0.39, 0.29) is 28.3 Å². The van der Waals surface area contributed by atoms with Gasteiger partial charge in [0, 0.05) is 0 Å². The largest absolute Gasteiger partial charge is 0.495 e. The smallest absolute Gasteiger partial charge is 0.337 e. The van der Waals surface area contributed by atoms with Crippen molar-refractivity contribution < 1.29 is 41.4 Å². The van der Waals surface area contributed by atoms with Gasteiger partial charge in [-0.2, -0.15) is 0 Å². The summed E-state index contributed by atoms with van der Waals surface area (Å²) in [5.74, 6) is -2.71. The number of ether oxygens (including phenoxy) is 1. The first-order valence-electron chi connectivity index (χ1n) is 9.80. The Labute approximate surface area is 201 Å². The number of carboxylic acids is 2. The summed E-state index contributed by atoms with van der Waals surface area (Å²) in [6.07, 6.45) is -0.437. The van der Waals surface area contributed by atoms with E-state index < -0.39 is 48.2 Å². The van der Waals surface area contributed by atoms with E-state index in [1.165, 1.54) is 49.6 Å². The monoisotopic (exact) mass is 520 g/mol. The van der Waals surface area contributed by atoms with Gasteiger partial charge in [-0.25, -0.2) is 21.6 Å². The number of aliphatic carboxylic acids is 1. The van der Waals surface area contributed by atoms with Crippen LogP contribution in [0.1, 0.15) is 15.9 Å². The van der Waals surface area contributed by atoms with Crippen LogP contribution in [0, 0.1) is 0 Å². The van der Waals surface area contributed by atoms with Crippen LogP contribution in [0.2, 0.25) is 0 Å². The fourth-order valence-electron chi connectivity index (χ4n) is 3.13. The summed E-state index contributed by atoms with van der Waals surface area (Å²) >= 11 is 0. The van der Waals surface area contributed by atoms with Crippen LogP contribution in [0.4, 0.5) is 11.4 Å². The van der Waals surface area contributed by atoms with Gasteiger partial charge in [0.25, 0.3) is 20.0 Å². The molecule has 3 aromatic carbocycles. The summed E-state index contributed by atoms with van der Waals surface area (Å²) < 4.78 is 61.8. The van der Waals surface area contributed by atoms with Gasteiger partial charge in [-0.1, -0.05) is 30.3 Å². The third kappa shape index (κ3) is 5.88. The second-order valence-corrected chi connectivity index (χ2v) is 10.4. The lowest BCUT2D eigenvalue weighted by atomic mass is 10.1. The zero-order valence-corrected chi connectivity index (χ0v) is 19.8. The van der Waals surface area contributed by atoms with Crippen LogP contribution in [0.15, 0.2) is 76.5 Å². The van der Waals surface area contributed by atoms with Crippen LogP contribution in [-0.4, -0.2) is 46.1 Å². The third-order valence-electron chi connectivity index (χ3n) is 4.74. The minimum Gasteiger partial charge on any atom is -0.495 e. The summed E-state index contributed by atoms with van der Waals surface area (Å²) in [6.45, 7) is 0. The molecule has 13 heteroatoms. The molecule has 0 radical (unpaired) electrons. The second kappa shape index (κ2) is 10.0. The summed E-state index contributed by atoms with van der Waals surface area (Å²) in [4.78, 5) is 21.5. The Morgan fingerprint density at radius 1 is 0.829 bits per heavy atom. The maximum absolute atomic E-state index is 13.1. The molecule has 0 aromatic heterocycles. The lowest BCUT2D eigenvalue weighted by molar-refractivity contribution is -0.136. The molecule has 0 aliphatic heterocycles. The number of aromatic carboxylic acids is 1. The predicted octanol–water partition coefficient (Wildman–Crippen LogP) is 2.62. The molecule has 0 amide bonds. The van der Waals surface area contributed by atoms with Crippen LogP contribution in [0.3, 0.4) is 0 Å². The van der Waals surface area contributed by atoms with Crippen LogP contribution >= 0.6 is 0 Å². The number of benzene rings is 3. The molecule has 0 saturated heterocycles. The molecular formula is C22H20N2O9S2. The Hall–Kier alpha value is -4.10. The Bertz CT molecular complexity index is 1500. The highest BCUT2D eigenvalue weighted by atomic mass is 32.2. The van der Waals surface area contributed by atoms with Gasteiger partial charge in [0.15, 0.2) is 0 Å². The molecular weight excluding hydrogens is 500 g/mol. The van der Waals surface area contributed by atoms with Gasteiger partial charge in [0.2, 0.25) is 0 Å². The SMILES string of the molecule is COc1ccc(S(=O)(=O)Nc2ccccc2CC(=O)O)cc1S(=O)(=O)Nc1ccccc1C(=O)O. The van der Waals surface area contributed by atoms with Crippen molar-refractivity contribution in [1.29, 1.82) is 0 Å². The maximum atomic E-state index is 13.1. The number of para-hydroxylation sites is 2. The van der Waals surface area contributed by atoms with Gasteiger partial charge in [0.1, 0.15) is 10.6 Å². The fourth-order valence-corrected chi connectivity index (χ4v) is 5.61. The van der Waals surface area contributed by atoms with E-state index in [0.717, 1.165) is 18.2 Å². The number of hydrogen-bond donors (Lipinski definition) is 4. The summed E-state index contributed by atoms with van der Waals surface area (Å²) in [6, 6.07) is 14.3. The molecule has 0 aliphatic rings. The first kappa shape index (κ1) is 25.5. The van der Waals surface area contributed by atoms with Crippen molar-refractivity contribution in [2.24, 2.45) is 0 Å². The maximum Gasteiger partial charge on any atom is 0.337 e. The molecule has 0 heterocycles. The van der Waals surface area contributed by atoms with Crippen LogP contribution in [0.5, 0.6) is 5.75 Å². The molecule has 0 fully saturated rings. The van der Waals surface area contributed by atoms with E-state index in [4.69, 9.17) is 9.84 Å². The molecule has 184 valence electrons. The van der Waals surface area contributed by atoms with Gasteiger partial charge in [-0.15, -0.1) is 0 Å². The number of carboxylic acid groups (broad SMARTS) is 2. The van der Waals surface area contributed by atoms with E-state index in [9.17, 15) is 31.5 Å². The van der Waals surface area contributed by atoms with Crippen LogP contribution in [0.25, 0.3) is 0 Å². The lowest BCUT2D eigenvalue weighted by Crippen LogP contribution is -2.19. The minimum atomic E-state index is -4.50. The quantitative estimate of drug-likeness (QED) is 0.313. The molecule has 0 atom stereocenters. The van der Waals surface area contributed by atoms with E-state index in [1.54, 1.807) is 6.07 Å². The number of hydrogen-bond acceptors (Lipinski definition) is 7. The molecule has 0 saturated carbocycles. The number of sulfonamides is 2. The van der Waals surface area contributed by atoms with E-state index >= 15 is 0 Å². The molecule has 0 unspecified atom stereocenters. The molecule has 4 N–H and O–H groups in total. The van der Waals surface area contributed by atoms with Crippen molar-refractivity contribution in [2.75, 3.05) is 16.6 Å².